The molecule has 1 fully saturated rings. The van der Waals surface area contributed by atoms with Gasteiger partial charge >= 0.3 is 0 Å². The number of thiophene rings is 1. The number of hydrogen-bond donors (Lipinski definition) is 1. The Labute approximate surface area is 195 Å². The molecule has 166 valence electrons. The van der Waals surface area contributed by atoms with Crippen LogP contribution in [0.2, 0.25) is 0 Å². The van der Waals surface area contributed by atoms with Crippen molar-refractivity contribution in [2.24, 2.45) is 0 Å². The van der Waals surface area contributed by atoms with E-state index in [4.69, 9.17) is 10.1 Å². The molecule has 0 spiro atoms. The number of carbonyl (C=O) groups is 1. The maximum atomic E-state index is 12.6. The van der Waals surface area contributed by atoms with Gasteiger partial charge in [-0.3, -0.25) is 4.79 Å². The maximum Gasteiger partial charge on any atom is 0.264 e. The van der Waals surface area contributed by atoms with E-state index in [1.807, 2.05) is 45.1 Å². The van der Waals surface area contributed by atoms with Crippen molar-refractivity contribution in [1.29, 1.82) is 0 Å². The fourth-order valence-electron chi connectivity index (χ4n) is 3.79. The lowest BCUT2D eigenvalue weighted by molar-refractivity contribution is 0.0751. The lowest BCUT2D eigenvalue weighted by atomic mass is 10.1. The number of aromatic nitrogens is 3. The van der Waals surface area contributed by atoms with E-state index >= 15 is 0 Å². The summed E-state index contributed by atoms with van der Waals surface area (Å²) in [6.07, 6.45) is 0. The summed E-state index contributed by atoms with van der Waals surface area (Å²) in [5.74, 6) is 1.03. The third-order valence-electron chi connectivity index (χ3n) is 5.30. The van der Waals surface area contributed by atoms with Crippen LogP contribution in [0.3, 0.4) is 0 Å². The fraction of sp³-hybridized carbons (Fsp3) is 0.348. The zero-order valence-electron chi connectivity index (χ0n) is 18.4. The van der Waals surface area contributed by atoms with Crippen molar-refractivity contribution in [3.63, 3.8) is 0 Å². The van der Waals surface area contributed by atoms with Crippen LogP contribution < -0.4 is 10.2 Å². The predicted octanol–water partition coefficient (Wildman–Crippen LogP) is 4.69. The molecule has 1 saturated heterocycles. The molecule has 0 aliphatic carbocycles. The van der Waals surface area contributed by atoms with Crippen LogP contribution in [-0.2, 0) is 0 Å². The minimum absolute atomic E-state index is 0.123. The van der Waals surface area contributed by atoms with Crippen LogP contribution in [0, 0.1) is 0 Å². The summed E-state index contributed by atoms with van der Waals surface area (Å²) in [7, 11) is 0. The molecule has 1 amide bonds. The van der Waals surface area contributed by atoms with Gasteiger partial charge in [-0.15, -0.1) is 16.4 Å². The molecule has 9 heteroatoms. The van der Waals surface area contributed by atoms with Crippen LogP contribution in [0.1, 0.15) is 30.4 Å². The first-order valence-electron chi connectivity index (χ1n) is 10.7. The van der Waals surface area contributed by atoms with Crippen molar-refractivity contribution in [3.8, 4) is 11.3 Å². The average molecular weight is 467 g/mol. The first kappa shape index (κ1) is 21.0. The van der Waals surface area contributed by atoms with Crippen molar-refractivity contribution in [2.75, 3.05) is 36.4 Å². The normalized spacial score (nSPS) is 14.8. The van der Waals surface area contributed by atoms with Crippen molar-refractivity contribution in [3.05, 3.63) is 52.7 Å². The van der Waals surface area contributed by atoms with Gasteiger partial charge in [0, 0.05) is 37.3 Å². The highest BCUT2D eigenvalue weighted by Gasteiger charge is 2.27. The molecule has 7 nitrogen and oxygen atoms in total. The smallest absolute Gasteiger partial charge is 0.264 e. The highest BCUT2D eigenvalue weighted by molar-refractivity contribution is 7.20. The fourth-order valence-corrected chi connectivity index (χ4v) is 5.43. The lowest BCUT2D eigenvalue weighted by Crippen LogP contribution is -2.48. The van der Waals surface area contributed by atoms with Crippen LogP contribution in [0.25, 0.3) is 16.2 Å². The second-order valence-corrected chi connectivity index (χ2v) is 10.8. The first-order valence-corrected chi connectivity index (χ1v) is 12.4. The van der Waals surface area contributed by atoms with Gasteiger partial charge in [-0.1, -0.05) is 47.7 Å². The molecule has 4 heterocycles. The molecule has 5 rings (SSSR count). The molecule has 3 aromatic heterocycles. The number of fused-ring (bicyclic) bond motifs is 1. The van der Waals surface area contributed by atoms with Gasteiger partial charge in [0.25, 0.3) is 5.91 Å². The summed E-state index contributed by atoms with van der Waals surface area (Å²) >= 11 is 3.09. The Hall–Kier alpha value is -2.91. The van der Waals surface area contributed by atoms with Gasteiger partial charge < -0.3 is 15.1 Å². The number of benzene rings is 1. The molecule has 0 radical (unpaired) electrons. The Morgan fingerprint density at radius 2 is 1.78 bits per heavy atom. The molecule has 0 unspecified atom stereocenters. The third kappa shape index (κ3) is 4.10. The summed E-state index contributed by atoms with van der Waals surface area (Å²) in [6, 6.07) is 14.0. The van der Waals surface area contributed by atoms with Gasteiger partial charge in [0.1, 0.15) is 5.69 Å². The molecular weight excluding hydrogens is 440 g/mol. The maximum absolute atomic E-state index is 12.6. The zero-order chi connectivity index (χ0) is 22.3. The van der Waals surface area contributed by atoms with Gasteiger partial charge in [0.2, 0.25) is 10.1 Å². The summed E-state index contributed by atoms with van der Waals surface area (Å²) in [5, 5.41) is 11.4. The Bertz CT molecular complexity index is 1210. The van der Waals surface area contributed by atoms with E-state index in [2.05, 4.69) is 43.1 Å². The number of anilines is 2. The monoisotopic (exact) mass is 466 g/mol. The van der Waals surface area contributed by atoms with E-state index in [1.165, 1.54) is 11.3 Å². The molecule has 0 bridgehead atoms. The lowest BCUT2D eigenvalue weighted by Gasteiger charge is -2.34. The summed E-state index contributed by atoms with van der Waals surface area (Å²) in [5.41, 5.74) is 1.85. The number of carbonyl (C=O) groups excluding carboxylic acids is 1. The number of imidazole rings is 1. The second kappa shape index (κ2) is 8.22. The number of nitrogens with one attached hydrogen (secondary N) is 1. The molecule has 32 heavy (non-hydrogen) atoms. The van der Waals surface area contributed by atoms with E-state index < -0.39 is 0 Å². The van der Waals surface area contributed by atoms with Crippen molar-refractivity contribution < 1.29 is 4.79 Å². The quantitative estimate of drug-likeness (QED) is 0.473. The Morgan fingerprint density at radius 1 is 1.03 bits per heavy atom. The van der Waals surface area contributed by atoms with E-state index in [0.29, 0.717) is 13.1 Å². The standard InChI is InChI=1S/C23H26N6OS2/c1-23(2,3)25-19-18(16-8-5-4-6-9-16)24-21-29(19)26-22(32-21)28-13-11-27(12-14-28)20(30)17-10-7-15-31-17/h4-10,15,25H,11-14H2,1-3H3. The van der Waals surface area contributed by atoms with Crippen molar-refractivity contribution in [1.82, 2.24) is 19.5 Å². The van der Waals surface area contributed by atoms with E-state index in [-0.39, 0.29) is 11.4 Å². The van der Waals surface area contributed by atoms with Gasteiger partial charge in [-0.25, -0.2) is 4.98 Å². The molecule has 1 aromatic carbocycles. The minimum atomic E-state index is -0.128. The predicted molar refractivity (Wildman–Crippen MR) is 132 cm³/mol. The molecule has 0 atom stereocenters. The van der Waals surface area contributed by atoms with Crippen molar-refractivity contribution in [2.45, 2.75) is 26.3 Å². The van der Waals surface area contributed by atoms with Crippen LogP contribution >= 0.6 is 22.7 Å². The molecule has 4 aromatic rings. The summed E-state index contributed by atoms with van der Waals surface area (Å²) < 4.78 is 1.93. The molecule has 0 saturated carbocycles. The van der Waals surface area contributed by atoms with Crippen LogP contribution in [0.4, 0.5) is 10.9 Å². The minimum Gasteiger partial charge on any atom is -0.364 e. The van der Waals surface area contributed by atoms with E-state index in [1.54, 1.807) is 11.3 Å². The van der Waals surface area contributed by atoms with Crippen molar-refractivity contribution >= 4 is 44.5 Å². The summed E-state index contributed by atoms with van der Waals surface area (Å²) in [6.45, 7) is 9.33. The summed E-state index contributed by atoms with van der Waals surface area (Å²) in [4.78, 5) is 23.4. The highest BCUT2D eigenvalue weighted by atomic mass is 32.1. The number of hydrogen-bond acceptors (Lipinski definition) is 7. The Kier molecular flexibility index (Phi) is 5.38. The Balaban J connectivity index is 1.40. The average Bonchev–Trinajstić information content (AvgIpc) is 3.51. The highest BCUT2D eigenvalue weighted by Crippen LogP contribution is 2.35. The van der Waals surface area contributed by atoms with Crippen LogP contribution in [0.15, 0.2) is 47.8 Å². The molecule has 1 N–H and O–H groups in total. The van der Waals surface area contributed by atoms with Gasteiger partial charge in [-0.2, -0.15) is 4.52 Å². The van der Waals surface area contributed by atoms with E-state index in [9.17, 15) is 4.79 Å². The molecule has 1 aliphatic rings. The number of amides is 1. The topological polar surface area (TPSA) is 65.8 Å². The number of nitrogens with zero attached hydrogens (tertiary/aromatic N) is 5. The van der Waals surface area contributed by atoms with Gasteiger partial charge in [-0.05, 0) is 32.2 Å². The molecular formula is C23H26N6OS2. The largest absolute Gasteiger partial charge is 0.364 e. The number of rotatable bonds is 4. The second-order valence-electron chi connectivity index (χ2n) is 8.89. The Morgan fingerprint density at radius 3 is 2.44 bits per heavy atom. The SMILES string of the molecule is CC(C)(C)Nc1c(-c2ccccc2)nc2sc(N3CCN(C(=O)c4cccs4)CC3)nn12. The van der Waals surface area contributed by atoms with E-state index in [0.717, 1.165) is 45.1 Å². The molecule has 1 aliphatic heterocycles. The third-order valence-corrected chi connectivity index (χ3v) is 7.13. The van der Waals surface area contributed by atoms with Gasteiger partial charge in [0.15, 0.2) is 5.82 Å². The van der Waals surface area contributed by atoms with Crippen LogP contribution in [-0.4, -0.2) is 57.1 Å². The van der Waals surface area contributed by atoms with Gasteiger partial charge in [0.05, 0.1) is 4.88 Å². The zero-order valence-corrected chi connectivity index (χ0v) is 20.0. The first-order chi connectivity index (χ1) is 15.4. The number of piperazine rings is 1. The van der Waals surface area contributed by atoms with Crippen LogP contribution in [0.5, 0.6) is 0 Å².